The number of carbonyl (C=O) groups is 6. The Morgan fingerprint density at radius 2 is 1.70 bits per heavy atom. The Labute approximate surface area is 247 Å². The van der Waals surface area contributed by atoms with Crippen molar-refractivity contribution in [3.8, 4) is 11.8 Å². The molecule has 9 N–H and O–H groups in total. The predicted octanol–water partition coefficient (Wildman–Crippen LogP) is -1.51. The lowest BCUT2D eigenvalue weighted by molar-refractivity contribution is -0.195. The molecule has 0 radical (unpaired) electrons. The van der Waals surface area contributed by atoms with E-state index < -0.39 is 92.7 Å². The smallest absolute Gasteiger partial charge is 0.305 e. The fraction of sp³-hybridized carbons (Fsp3) is 0.552. The molecule has 1 aromatic rings. The van der Waals surface area contributed by atoms with Gasteiger partial charge in [-0.1, -0.05) is 39.8 Å². The van der Waals surface area contributed by atoms with Crippen LogP contribution in [0.15, 0.2) is 12.1 Å². The molecule has 0 aliphatic heterocycles. The summed E-state index contributed by atoms with van der Waals surface area (Å²) in [6, 6.07) is 1.23. The monoisotopic (exact) mass is 596 g/mol. The number of nitrogens with two attached hydrogens (primary N) is 4. The lowest BCUT2D eigenvalue weighted by Crippen LogP contribution is -2.92. The lowest BCUT2D eigenvalue weighted by atomic mass is 9.41. The summed E-state index contributed by atoms with van der Waals surface area (Å²) >= 11 is 0. The molecule has 14 heteroatoms. The van der Waals surface area contributed by atoms with Gasteiger partial charge in [-0.15, -0.1) is 0 Å². The number of likely N-dealkylation sites (N-methyl/N-ethyl adjacent to an activating group) is 1. The Bertz CT molecular complexity index is 1540. The van der Waals surface area contributed by atoms with Gasteiger partial charge < -0.3 is 32.8 Å². The molecule has 0 heterocycles. The van der Waals surface area contributed by atoms with Crippen molar-refractivity contribution >= 4 is 35.0 Å². The van der Waals surface area contributed by atoms with Crippen molar-refractivity contribution in [1.82, 2.24) is 4.90 Å². The van der Waals surface area contributed by atoms with Gasteiger partial charge in [-0.25, -0.2) is 0 Å². The quantitative estimate of drug-likeness (QED) is 0.196. The van der Waals surface area contributed by atoms with E-state index in [1.807, 2.05) is 0 Å². The summed E-state index contributed by atoms with van der Waals surface area (Å²) in [7, 11) is 2.66. The number of nitrogens with zero attached hydrogens (tertiary/aromatic N) is 2. The zero-order valence-corrected chi connectivity index (χ0v) is 24.8. The van der Waals surface area contributed by atoms with Gasteiger partial charge in [-0.3, -0.25) is 33.7 Å². The number of phenolic OH excluding ortho intramolecular Hbond substituents is 1. The number of fused-ring (bicyclic) bond motifs is 3. The van der Waals surface area contributed by atoms with E-state index in [9.17, 15) is 39.1 Å². The number of hydrogen-bond donors (Lipinski definition) is 5. The van der Waals surface area contributed by atoms with Crippen molar-refractivity contribution in [2.24, 2.45) is 40.2 Å². The molecule has 2 saturated carbocycles. The molecule has 3 aliphatic carbocycles. The molecule has 0 aromatic heterocycles. The summed E-state index contributed by atoms with van der Waals surface area (Å²) in [5.41, 5.74) is 17.0. The van der Waals surface area contributed by atoms with E-state index in [2.05, 4.69) is 0 Å². The topological polar surface area (TPSA) is 263 Å². The number of nitriles is 1. The molecular formula is C29H36N6O8. The zero-order chi connectivity index (χ0) is 32.8. The molecule has 230 valence electrons. The first kappa shape index (κ1) is 31.9. The van der Waals surface area contributed by atoms with E-state index in [0.717, 1.165) is 4.90 Å². The third kappa shape index (κ3) is 3.72. The number of aromatic hydroxyl groups is 1. The molecule has 1 aromatic carbocycles. The van der Waals surface area contributed by atoms with Gasteiger partial charge in [-0.2, -0.15) is 5.26 Å². The molecule has 0 bridgehead atoms. The van der Waals surface area contributed by atoms with Crippen LogP contribution in [0.3, 0.4) is 0 Å². The zero-order valence-electron chi connectivity index (χ0n) is 24.8. The molecule has 3 aliphatic rings. The van der Waals surface area contributed by atoms with Gasteiger partial charge in [0.2, 0.25) is 5.91 Å². The molecule has 0 saturated heterocycles. The lowest BCUT2D eigenvalue weighted by Gasteiger charge is -2.64. The van der Waals surface area contributed by atoms with Crippen LogP contribution in [0.25, 0.3) is 0 Å². The van der Waals surface area contributed by atoms with Crippen molar-refractivity contribution in [3.05, 3.63) is 28.8 Å². The fourth-order valence-corrected chi connectivity index (χ4v) is 7.25. The minimum atomic E-state index is -3.13. The first-order valence-electron chi connectivity index (χ1n) is 13.6. The highest BCUT2D eigenvalue weighted by atomic mass is 16.5. The van der Waals surface area contributed by atoms with E-state index in [1.54, 1.807) is 26.8 Å². The third-order valence-corrected chi connectivity index (χ3v) is 9.21. The van der Waals surface area contributed by atoms with Gasteiger partial charge in [0, 0.05) is 6.42 Å². The van der Waals surface area contributed by atoms with Crippen LogP contribution in [0.4, 0.5) is 0 Å². The Hall–Kier alpha value is -4.03. The minimum Gasteiger partial charge on any atom is -0.507 e. The van der Waals surface area contributed by atoms with E-state index in [0.29, 0.717) is 5.56 Å². The van der Waals surface area contributed by atoms with E-state index in [4.69, 9.17) is 27.7 Å². The van der Waals surface area contributed by atoms with E-state index in [-0.39, 0.29) is 17.5 Å². The highest BCUT2D eigenvalue weighted by Crippen LogP contribution is 2.59. The molecule has 8 atom stereocenters. The summed E-state index contributed by atoms with van der Waals surface area (Å²) in [6.45, 7) is 6.75. The summed E-state index contributed by atoms with van der Waals surface area (Å²) < 4.78 is 5.74. The van der Waals surface area contributed by atoms with Crippen molar-refractivity contribution < 1.29 is 38.6 Å². The van der Waals surface area contributed by atoms with Gasteiger partial charge in [0.25, 0.3) is 0 Å². The van der Waals surface area contributed by atoms with Crippen LogP contribution in [-0.4, -0.2) is 82.3 Å². The fourth-order valence-electron chi connectivity index (χ4n) is 7.25. The Morgan fingerprint density at radius 3 is 2.16 bits per heavy atom. The Morgan fingerprint density at radius 1 is 1.12 bits per heavy atom. The van der Waals surface area contributed by atoms with Crippen LogP contribution in [0.5, 0.6) is 5.75 Å². The molecule has 2 unspecified atom stereocenters. The van der Waals surface area contributed by atoms with Crippen molar-refractivity contribution in [1.29, 1.82) is 5.26 Å². The summed E-state index contributed by atoms with van der Waals surface area (Å²) in [6.07, 6.45) is -2.35. The average molecular weight is 597 g/mol. The Kier molecular flexibility index (Phi) is 7.23. The maximum atomic E-state index is 14.7. The summed E-state index contributed by atoms with van der Waals surface area (Å²) in [5.74, 6) is -12.6. The average Bonchev–Trinajstić information content (AvgIpc) is 2.88. The number of carbonyl (C=O) groups excluding carboxylic acids is 6. The third-order valence-electron chi connectivity index (χ3n) is 9.21. The van der Waals surface area contributed by atoms with Crippen LogP contribution >= 0.6 is 0 Å². The van der Waals surface area contributed by atoms with Crippen molar-refractivity contribution in [2.75, 3.05) is 14.1 Å². The van der Waals surface area contributed by atoms with Crippen LogP contribution in [0.2, 0.25) is 0 Å². The highest BCUT2D eigenvalue weighted by molar-refractivity contribution is 6.33. The number of ether oxygens (including phenoxy) is 1. The van der Waals surface area contributed by atoms with Crippen LogP contribution < -0.4 is 22.9 Å². The molecule has 1 amide bonds. The highest BCUT2D eigenvalue weighted by Gasteiger charge is 2.84. The van der Waals surface area contributed by atoms with Gasteiger partial charge in [0.05, 0.1) is 29.3 Å². The minimum absolute atomic E-state index is 0.00228. The van der Waals surface area contributed by atoms with Crippen LogP contribution in [0.1, 0.15) is 61.6 Å². The second kappa shape index (κ2) is 9.75. The number of hydrogen-bond acceptors (Lipinski definition) is 13. The predicted molar refractivity (Wildman–Crippen MR) is 149 cm³/mol. The standard InChI is InChI=1S/C29H36N6O8/c1-7-13(36)43-25-28(33)16(18(38)14-11(20(28)31)8-9-12(17(14)37)26(2,3)4)23(41)27(10-30)22(40)15(24(32)42)19(39)21(35(5)6)29(25,27)34/h8-9,15-16,20-21,25,37H,7,31,33-34H2,1-6H3,(H2,32,42)/t15?,16?,20-,21+,25-,27-,28+,29-/m0/s1. The number of esters is 1. The van der Waals surface area contributed by atoms with Gasteiger partial charge in [-0.05, 0) is 30.6 Å². The van der Waals surface area contributed by atoms with Crippen LogP contribution in [0, 0.1) is 28.6 Å². The number of amides is 1. The molecule has 43 heavy (non-hydrogen) atoms. The number of ketones is 4. The maximum Gasteiger partial charge on any atom is 0.305 e. The molecule has 2 fully saturated rings. The molecular weight excluding hydrogens is 560 g/mol. The first-order valence-corrected chi connectivity index (χ1v) is 13.6. The number of Topliss-reactive ketones (excluding diaryl/α,β-unsaturated/α-hetero) is 4. The second-order valence-corrected chi connectivity index (χ2v) is 12.8. The SMILES string of the molecule is CCC(=O)O[C@H]1[C@@]2(N)C(C(=O)c3c(ccc(C(C)(C)C)c3O)[C@@H]2N)C(=O)[C@]2(C#N)C(=O)C(C(N)=O)C(=O)[C@@H](N(C)C)[C@]12N. The maximum absolute atomic E-state index is 14.7. The van der Waals surface area contributed by atoms with Crippen molar-refractivity contribution in [3.63, 3.8) is 0 Å². The number of rotatable bonds is 4. The molecule has 14 nitrogen and oxygen atoms in total. The van der Waals surface area contributed by atoms with Gasteiger partial charge >= 0.3 is 5.97 Å². The van der Waals surface area contributed by atoms with Crippen LogP contribution in [-0.2, 0) is 34.1 Å². The summed E-state index contributed by atoms with van der Waals surface area (Å²) in [4.78, 5) is 83.4. The summed E-state index contributed by atoms with van der Waals surface area (Å²) in [5, 5.41) is 22.0. The molecule has 0 spiro atoms. The molecule has 4 rings (SSSR count). The first-order chi connectivity index (χ1) is 19.7. The largest absolute Gasteiger partial charge is 0.507 e. The second-order valence-electron chi connectivity index (χ2n) is 12.8. The van der Waals surface area contributed by atoms with Gasteiger partial charge in [0.15, 0.2) is 34.5 Å². The number of phenols is 1. The normalized spacial score (nSPS) is 35.5. The van der Waals surface area contributed by atoms with Crippen molar-refractivity contribution in [2.45, 2.75) is 68.8 Å². The number of benzene rings is 1. The van der Waals surface area contributed by atoms with Gasteiger partial charge in [0.1, 0.15) is 23.3 Å². The number of primary amides is 1. The van der Waals surface area contributed by atoms with E-state index in [1.165, 1.54) is 33.2 Å². The Balaban J connectivity index is 2.19. The van der Waals surface area contributed by atoms with E-state index >= 15 is 0 Å².